The van der Waals surface area contributed by atoms with Crippen molar-refractivity contribution in [3.8, 4) is 11.6 Å². The van der Waals surface area contributed by atoms with Gasteiger partial charge in [-0.05, 0) is 36.6 Å². The van der Waals surface area contributed by atoms with Crippen LogP contribution in [0.4, 0.5) is 5.69 Å². The van der Waals surface area contributed by atoms with Gasteiger partial charge in [0.1, 0.15) is 5.75 Å². The molecule has 3 aromatic rings. The lowest BCUT2D eigenvalue weighted by Crippen LogP contribution is -2.24. The number of nitrogens with zero attached hydrogens (tertiary/aromatic N) is 2. The first-order valence-corrected chi connectivity index (χ1v) is 9.11. The summed E-state index contributed by atoms with van der Waals surface area (Å²) < 4.78 is 5.82. The Hall–Kier alpha value is -3.74. The van der Waals surface area contributed by atoms with Gasteiger partial charge < -0.3 is 10.1 Å². The highest BCUT2D eigenvalue weighted by molar-refractivity contribution is 5.79. The van der Waals surface area contributed by atoms with Gasteiger partial charge >= 0.3 is 0 Å². The summed E-state index contributed by atoms with van der Waals surface area (Å²) in [4.78, 5) is 27.0. The zero-order valence-corrected chi connectivity index (χ0v) is 16.2. The molecule has 1 heterocycles. The highest BCUT2D eigenvalue weighted by atomic mass is 16.6. The summed E-state index contributed by atoms with van der Waals surface area (Å²) in [7, 11) is 0. The van der Waals surface area contributed by atoms with E-state index in [-0.39, 0.29) is 24.6 Å². The maximum absolute atomic E-state index is 12.2. The fourth-order valence-electron chi connectivity index (χ4n) is 2.78. The number of benzene rings is 2. The zero-order chi connectivity index (χ0) is 20.8. The van der Waals surface area contributed by atoms with Gasteiger partial charge in [-0.1, -0.05) is 36.4 Å². The van der Waals surface area contributed by atoms with Crippen molar-refractivity contribution in [2.45, 2.75) is 26.8 Å². The molecule has 1 amide bonds. The standard InChI is InChI=1S/C22H21N3O4/c1-15-7-8-16(2)20(11-15)29-22-10-9-17(14-24-22)13-23-21(26)12-18-5-3-4-6-19(18)25(27)28/h3-11,14H,12-13H2,1-2H3,(H,23,26). The van der Waals surface area contributed by atoms with E-state index in [2.05, 4.69) is 10.3 Å². The average Bonchev–Trinajstić information content (AvgIpc) is 2.70. The second kappa shape index (κ2) is 8.97. The second-order valence-corrected chi connectivity index (χ2v) is 6.72. The number of nitrogens with one attached hydrogen (secondary N) is 1. The van der Waals surface area contributed by atoms with E-state index < -0.39 is 4.92 Å². The molecule has 7 nitrogen and oxygen atoms in total. The molecule has 3 rings (SSSR count). The Balaban J connectivity index is 1.57. The molecule has 29 heavy (non-hydrogen) atoms. The van der Waals surface area contributed by atoms with Crippen LogP contribution in [0.25, 0.3) is 0 Å². The molecule has 0 aliphatic rings. The number of nitro benzene ring substituents is 1. The molecule has 1 N–H and O–H groups in total. The van der Waals surface area contributed by atoms with Crippen molar-refractivity contribution in [2.75, 3.05) is 0 Å². The van der Waals surface area contributed by atoms with E-state index in [0.29, 0.717) is 11.4 Å². The monoisotopic (exact) mass is 391 g/mol. The first-order chi connectivity index (χ1) is 13.9. The van der Waals surface area contributed by atoms with Gasteiger partial charge in [-0.25, -0.2) is 4.98 Å². The van der Waals surface area contributed by atoms with E-state index in [1.165, 1.54) is 6.07 Å². The first-order valence-electron chi connectivity index (χ1n) is 9.11. The number of carbonyl (C=O) groups excluding carboxylic acids is 1. The normalized spacial score (nSPS) is 10.4. The molecule has 1 aromatic heterocycles. The van der Waals surface area contributed by atoms with Crippen LogP contribution in [0.5, 0.6) is 11.6 Å². The maximum Gasteiger partial charge on any atom is 0.273 e. The predicted molar refractivity (Wildman–Crippen MR) is 109 cm³/mol. The van der Waals surface area contributed by atoms with Gasteiger partial charge in [-0.3, -0.25) is 14.9 Å². The molecule has 0 aliphatic heterocycles. The summed E-state index contributed by atoms with van der Waals surface area (Å²) >= 11 is 0. The first kappa shape index (κ1) is 20.0. The van der Waals surface area contributed by atoms with Gasteiger partial charge in [0.05, 0.1) is 11.3 Å². The van der Waals surface area contributed by atoms with E-state index in [4.69, 9.17) is 4.74 Å². The van der Waals surface area contributed by atoms with Gasteiger partial charge in [-0.15, -0.1) is 0 Å². The van der Waals surface area contributed by atoms with Crippen LogP contribution in [-0.4, -0.2) is 15.8 Å². The van der Waals surface area contributed by atoms with Crippen LogP contribution in [0.2, 0.25) is 0 Å². The van der Waals surface area contributed by atoms with Gasteiger partial charge in [0, 0.05) is 30.4 Å². The van der Waals surface area contributed by atoms with E-state index in [9.17, 15) is 14.9 Å². The number of para-hydroxylation sites is 1. The largest absolute Gasteiger partial charge is 0.439 e. The molecular weight excluding hydrogens is 370 g/mol. The molecule has 0 aliphatic carbocycles. The molecule has 0 unspecified atom stereocenters. The number of hydrogen-bond donors (Lipinski definition) is 1. The number of ether oxygens (including phenoxy) is 1. The molecule has 2 aromatic carbocycles. The van der Waals surface area contributed by atoms with Crippen LogP contribution in [0.3, 0.4) is 0 Å². The molecule has 148 valence electrons. The molecule has 0 saturated carbocycles. The van der Waals surface area contributed by atoms with Crippen molar-refractivity contribution in [2.24, 2.45) is 0 Å². The number of rotatable bonds is 7. The Bertz CT molecular complexity index is 1030. The lowest BCUT2D eigenvalue weighted by molar-refractivity contribution is -0.385. The minimum Gasteiger partial charge on any atom is -0.439 e. The minimum atomic E-state index is -0.485. The van der Waals surface area contributed by atoms with E-state index in [0.717, 1.165) is 22.4 Å². The lowest BCUT2D eigenvalue weighted by Gasteiger charge is -2.10. The number of carbonyl (C=O) groups is 1. The summed E-state index contributed by atoms with van der Waals surface area (Å²) in [5, 5.41) is 13.8. The highest BCUT2D eigenvalue weighted by Gasteiger charge is 2.15. The highest BCUT2D eigenvalue weighted by Crippen LogP contribution is 2.24. The van der Waals surface area contributed by atoms with E-state index >= 15 is 0 Å². The fraction of sp³-hybridized carbons (Fsp3) is 0.182. The maximum atomic E-state index is 12.2. The lowest BCUT2D eigenvalue weighted by atomic mass is 10.1. The number of amides is 1. The second-order valence-electron chi connectivity index (χ2n) is 6.72. The smallest absolute Gasteiger partial charge is 0.273 e. The zero-order valence-electron chi connectivity index (χ0n) is 16.2. The Labute approximate surface area is 168 Å². The van der Waals surface area contributed by atoms with Crippen molar-refractivity contribution in [1.29, 1.82) is 0 Å². The summed E-state index contributed by atoms with van der Waals surface area (Å²) in [5.74, 6) is 0.923. The Morgan fingerprint density at radius 1 is 1.14 bits per heavy atom. The van der Waals surface area contributed by atoms with Crippen LogP contribution >= 0.6 is 0 Å². The summed E-state index contributed by atoms with van der Waals surface area (Å²) in [5.41, 5.74) is 3.24. The quantitative estimate of drug-likeness (QED) is 0.480. The molecule has 7 heteroatoms. The molecule has 0 fully saturated rings. The van der Waals surface area contributed by atoms with Crippen LogP contribution < -0.4 is 10.1 Å². The third kappa shape index (κ3) is 5.38. The molecule has 0 spiro atoms. The third-order valence-corrected chi connectivity index (χ3v) is 4.38. The summed E-state index contributed by atoms with van der Waals surface area (Å²) in [6.07, 6.45) is 1.57. The van der Waals surface area contributed by atoms with Gasteiger partial charge in [0.2, 0.25) is 11.8 Å². The Morgan fingerprint density at radius 3 is 2.66 bits per heavy atom. The molecule has 0 atom stereocenters. The van der Waals surface area contributed by atoms with Gasteiger partial charge in [-0.2, -0.15) is 0 Å². The van der Waals surface area contributed by atoms with Crippen LogP contribution in [-0.2, 0) is 17.8 Å². The SMILES string of the molecule is Cc1ccc(C)c(Oc2ccc(CNC(=O)Cc3ccccc3[N+](=O)[O-])cn2)c1. The predicted octanol–water partition coefficient (Wildman–Crippen LogP) is 4.26. The molecular formula is C22H21N3O4. The van der Waals surface area contributed by atoms with Crippen molar-refractivity contribution in [3.05, 3.63) is 93.2 Å². The topological polar surface area (TPSA) is 94.4 Å². The van der Waals surface area contributed by atoms with Gasteiger partial charge in [0.25, 0.3) is 5.69 Å². The van der Waals surface area contributed by atoms with Crippen LogP contribution in [0.1, 0.15) is 22.3 Å². The van der Waals surface area contributed by atoms with E-state index in [1.807, 2.05) is 38.1 Å². The number of aromatic nitrogens is 1. The van der Waals surface area contributed by atoms with Gasteiger partial charge in [0.15, 0.2) is 0 Å². The summed E-state index contributed by atoms with van der Waals surface area (Å²) in [6, 6.07) is 15.7. The fourth-order valence-corrected chi connectivity index (χ4v) is 2.78. The van der Waals surface area contributed by atoms with Crippen molar-refractivity contribution in [3.63, 3.8) is 0 Å². The van der Waals surface area contributed by atoms with Crippen molar-refractivity contribution < 1.29 is 14.5 Å². The average molecular weight is 391 g/mol. The van der Waals surface area contributed by atoms with Crippen molar-refractivity contribution >= 4 is 11.6 Å². The Kier molecular flexibility index (Phi) is 6.19. The number of hydrogen-bond acceptors (Lipinski definition) is 5. The molecule has 0 bridgehead atoms. The van der Waals surface area contributed by atoms with E-state index in [1.54, 1.807) is 30.5 Å². The third-order valence-electron chi connectivity index (χ3n) is 4.38. The molecule has 0 radical (unpaired) electrons. The Morgan fingerprint density at radius 2 is 1.93 bits per heavy atom. The minimum absolute atomic E-state index is 0.0571. The van der Waals surface area contributed by atoms with Crippen LogP contribution in [0.15, 0.2) is 60.8 Å². The summed E-state index contributed by atoms with van der Waals surface area (Å²) in [6.45, 7) is 4.24. The number of pyridine rings is 1. The van der Waals surface area contributed by atoms with Crippen LogP contribution in [0, 0.1) is 24.0 Å². The number of nitro groups is 1. The molecule has 0 saturated heterocycles. The van der Waals surface area contributed by atoms with Crippen molar-refractivity contribution in [1.82, 2.24) is 10.3 Å². The number of aryl methyl sites for hydroxylation is 2.